The van der Waals surface area contributed by atoms with Gasteiger partial charge in [0.1, 0.15) is 11.6 Å². The second kappa shape index (κ2) is 8.76. The van der Waals surface area contributed by atoms with Crippen molar-refractivity contribution in [2.24, 2.45) is 5.92 Å². The van der Waals surface area contributed by atoms with Gasteiger partial charge in [0.2, 0.25) is 0 Å². The maximum atomic E-state index is 13.1. The quantitative estimate of drug-likeness (QED) is 0.762. The summed E-state index contributed by atoms with van der Waals surface area (Å²) >= 11 is 0. The molecule has 2 atom stereocenters. The first kappa shape index (κ1) is 18.3. The van der Waals surface area contributed by atoms with Crippen LogP contribution in [0.3, 0.4) is 0 Å². The van der Waals surface area contributed by atoms with Crippen molar-refractivity contribution in [3.8, 4) is 0 Å². The highest BCUT2D eigenvalue weighted by atomic mass is 19.1. The van der Waals surface area contributed by atoms with Crippen LogP contribution in [0.25, 0.3) is 0 Å². The molecule has 0 spiro atoms. The van der Waals surface area contributed by atoms with Gasteiger partial charge in [0, 0.05) is 18.3 Å². The van der Waals surface area contributed by atoms with Gasteiger partial charge in [-0.25, -0.2) is 13.6 Å². The van der Waals surface area contributed by atoms with Gasteiger partial charge >= 0.3 is 6.03 Å². The average molecular weight is 359 g/mol. The summed E-state index contributed by atoms with van der Waals surface area (Å²) in [5.74, 6) is -0.0834. The topological polar surface area (TPSA) is 53.2 Å². The Morgan fingerprint density at radius 2 is 1.88 bits per heavy atom. The van der Waals surface area contributed by atoms with Crippen LogP contribution in [-0.2, 0) is 6.42 Å². The van der Waals surface area contributed by atoms with Crippen molar-refractivity contribution in [1.29, 1.82) is 0 Å². The number of carbonyl (C=O) groups excluding carboxylic acids is 1. The minimum Gasteiger partial charge on any atom is -0.336 e. The fraction of sp³-hybridized carbons (Fsp3) is 0.350. The molecule has 0 aliphatic carbocycles. The third-order valence-electron chi connectivity index (χ3n) is 4.65. The molecular weight excluding hydrogens is 336 g/mol. The molecule has 3 N–H and O–H groups in total. The summed E-state index contributed by atoms with van der Waals surface area (Å²) < 4.78 is 26.1. The number of hydrogen-bond acceptors (Lipinski definition) is 2. The second-order valence-corrected chi connectivity index (χ2v) is 6.72. The van der Waals surface area contributed by atoms with Crippen LogP contribution in [0.4, 0.5) is 19.3 Å². The van der Waals surface area contributed by atoms with Gasteiger partial charge in [0.15, 0.2) is 0 Å². The number of nitrogens with one attached hydrogen (secondary N) is 3. The second-order valence-electron chi connectivity index (χ2n) is 6.72. The van der Waals surface area contributed by atoms with E-state index in [2.05, 4.69) is 16.0 Å². The molecule has 1 aliphatic heterocycles. The highest BCUT2D eigenvalue weighted by Gasteiger charge is 2.21. The Balaban J connectivity index is 1.37. The van der Waals surface area contributed by atoms with Gasteiger partial charge in [0.25, 0.3) is 0 Å². The maximum absolute atomic E-state index is 13.1. The fourth-order valence-electron chi connectivity index (χ4n) is 3.23. The molecule has 0 unspecified atom stereocenters. The molecule has 1 aliphatic rings. The Kier molecular flexibility index (Phi) is 6.17. The van der Waals surface area contributed by atoms with Crippen LogP contribution in [0.15, 0.2) is 48.5 Å². The molecule has 0 saturated carbocycles. The molecule has 4 nitrogen and oxygen atoms in total. The lowest BCUT2D eigenvalue weighted by molar-refractivity contribution is 0.247. The number of benzene rings is 2. The first-order chi connectivity index (χ1) is 12.6. The number of piperidine rings is 1. The zero-order valence-corrected chi connectivity index (χ0v) is 14.5. The minimum atomic E-state index is -0.385. The molecule has 138 valence electrons. The molecule has 6 heteroatoms. The molecule has 2 aromatic carbocycles. The van der Waals surface area contributed by atoms with E-state index in [1.165, 1.54) is 24.3 Å². The van der Waals surface area contributed by atoms with E-state index < -0.39 is 0 Å². The molecule has 26 heavy (non-hydrogen) atoms. The van der Waals surface area contributed by atoms with Crippen LogP contribution in [0.1, 0.15) is 18.4 Å². The third kappa shape index (κ3) is 5.52. The van der Waals surface area contributed by atoms with E-state index in [-0.39, 0.29) is 23.7 Å². The van der Waals surface area contributed by atoms with Crippen molar-refractivity contribution in [3.05, 3.63) is 65.7 Å². The highest BCUT2D eigenvalue weighted by molar-refractivity contribution is 5.89. The van der Waals surface area contributed by atoms with Crippen LogP contribution in [-0.4, -0.2) is 25.2 Å². The Morgan fingerprint density at radius 1 is 1.08 bits per heavy atom. The lowest BCUT2D eigenvalue weighted by Gasteiger charge is -2.30. The van der Waals surface area contributed by atoms with Gasteiger partial charge in [-0.15, -0.1) is 0 Å². The normalized spacial score (nSPS) is 19.8. The first-order valence-corrected chi connectivity index (χ1v) is 8.87. The molecule has 1 saturated heterocycles. The smallest absolute Gasteiger partial charge is 0.319 e. The van der Waals surface area contributed by atoms with E-state index in [4.69, 9.17) is 0 Å². The van der Waals surface area contributed by atoms with Gasteiger partial charge in [-0.3, -0.25) is 0 Å². The van der Waals surface area contributed by atoms with Crippen molar-refractivity contribution in [1.82, 2.24) is 10.6 Å². The molecule has 0 radical (unpaired) electrons. The third-order valence-corrected chi connectivity index (χ3v) is 4.65. The van der Waals surface area contributed by atoms with Crippen LogP contribution in [0.2, 0.25) is 0 Å². The number of hydrogen-bond donors (Lipinski definition) is 3. The van der Waals surface area contributed by atoms with Crippen LogP contribution >= 0.6 is 0 Å². The summed E-state index contributed by atoms with van der Waals surface area (Å²) in [5.41, 5.74) is 1.57. The van der Waals surface area contributed by atoms with Crippen molar-refractivity contribution in [2.75, 3.05) is 18.4 Å². The molecule has 0 bridgehead atoms. The number of urea groups is 1. The SMILES string of the molecule is O=C(NC[C@@H]1CC[C@@H](Cc2ccc(F)cc2)CN1)Nc1cccc(F)c1. The highest BCUT2D eigenvalue weighted by Crippen LogP contribution is 2.19. The average Bonchev–Trinajstić information content (AvgIpc) is 2.63. The lowest BCUT2D eigenvalue weighted by atomic mass is 9.89. The van der Waals surface area contributed by atoms with E-state index in [9.17, 15) is 13.6 Å². The molecule has 1 fully saturated rings. The zero-order chi connectivity index (χ0) is 18.4. The fourth-order valence-corrected chi connectivity index (χ4v) is 3.23. The van der Waals surface area contributed by atoms with Crippen LogP contribution < -0.4 is 16.0 Å². The Morgan fingerprint density at radius 3 is 2.58 bits per heavy atom. The maximum Gasteiger partial charge on any atom is 0.319 e. The van der Waals surface area contributed by atoms with E-state index in [0.29, 0.717) is 18.2 Å². The van der Waals surface area contributed by atoms with Gasteiger partial charge < -0.3 is 16.0 Å². The number of carbonyl (C=O) groups is 1. The number of halogens is 2. The van der Waals surface area contributed by atoms with E-state index in [0.717, 1.165) is 31.4 Å². The predicted octanol–water partition coefficient (Wildman–Crippen LogP) is 3.70. The Labute approximate surface area is 152 Å². The van der Waals surface area contributed by atoms with Crippen molar-refractivity contribution in [2.45, 2.75) is 25.3 Å². The molecule has 1 heterocycles. The Bertz CT molecular complexity index is 728. The molecular formula is C20H23F2N3O. The summed E-state index contributed by atoms with van der Waals surface area (Å²) in [6.07, 6.45) is 2.95. The number of rotatable bonds is 5. The zero-order valence-electron chi connectivity index (χ0n) is 14.5. The molecule has 3 rings (SSSR count). The summed E-state index contributed by atoms with van der Waals surface area (Å²) in [6, 6.07) is 12.3. The van der Waals surface area contributed by atoms with Gasteiger partial charge in [-0.05, 0) is 67.6 Å². The Hall–Kier alpha value is -2.47. The van der Waals surface area contributed by atoms with Crippen LogP contribution in [0, 0.1) is 17.6 Å². The van der Waals surface area contributed by atoms with Gasteiger partial charge in [0.05, 0.1) is 0 Å². The predicted molar refractivity (Wildman–Crippen MR) is 98.0 cm³/mol. The lowest BCUT2D eigenvalue weighted by Crippen LogP contribution is -2.47. The number of amides is 2. The van der Waals surface area contributed by atoms with Crippen LogP contribution in [0.5, 0.6) is 0 Å². The van der Waals surface area contributed by atoms with Gasteiger partial charge in [-0.1, -0.05) is 18.2 Å². The molecule has 0 aromatic heterocycles. The van der Waals surface area contributed by atoms with Gasteiger partial charge in [-0.2, -0.15) is 0 Å². The molecule has 2 amide bonds. The van der Waals surface area contributed by atoms with Crippen molar-refractivity contribution in [3.63, 3.8) is 0 Å². The van der Waals surface area contributed by atoms with E-state index >= 15 is 0 Å². The minimum absolute atomic E-state index is 0.210. The van der Waals surface area contributed by atoms with Crippen molar-refractivity contribution < 1.29 is 13.6 Å². The summed E-state index contributed by atoms with van der Waals surface area (Å²) in [4.78, 5) is 11.9. The monoisotopic (exact) mass is 359 g/mol. The number of anilines is 1. The largest absolute Gasteiger partial charge is 0.336 e. The summed E-state index contributed by atoms with van der Waals surface area (Å²) in [5, 5.41) is 8.89. The van der Waals surface area contributed by atoms with E-state index in [1.54, 1.807) is 12.1 Å². The molecule has 2 aromatic rings. The standard InChI is InChI=1S/C20H23F2N3O/c21-16-7-4-14(5-8-16)10-15-6-9-19(23-12-15)13-24-20(26)25-18-3-1-2-17(22)11-18/h1-5,7-8,11,15,19,23H,6,9-10,12-13H2,(H2,24,25,26)/t15-,19-/m0/s1. The van der Waals surface area contributed by atoms with E-state index in [1.807, 2.05) is 12.1 Å². The summed E-state index contributed by atoms with van der Waals surface area (Å²) in [6.45, 7) is 1.39. The first-order valence-electron chi connectivity index (χ1n) is 8.87. The summed E-state index contributed by atoms with van der Waals surface area (Å²) in [7, 11) is 0. The van der Waals surface area contributed by atoms with Crippen molar-refractivity contribution >= 4 is 11.7 Å².